The Morgan fingerprint density at radius 2 is 1.50 bits per heavy atom. The van der Waals surface area contributed by atoms with E-state index in [1.807, 2.05) is 25.1 Å². The zero-order valence-electron chi connectivity index (χ0n) is 15.3. The molecule has 2 rings (SSSR count). The Balaban J connectivity index is 2.47. The van der Waals surface area contributed by atoms with E-state index in [4.69, 9.17) is 4.52 Å². The summed E-state index contributed by atoms with van der Waals surface area (Å²) in [7, 11) is -1.78. The predicted molar refractivity (Wildman–Crippen MR) is 103 cm³/mol. The highest BCUT2D eigenvalue weighted by Gasteiger charge is 2.26. The van der Waals surface area contributed by atoms with Crippen LogP contribution in [0.1, 0.15) is 55.5 Å². The fraction of sp³-hybridized carbons (Fsp3) is 0.429. The molecule has 2 aromatic carbocycles. The first-order valence-electron chi connectivity index (χ1n) is 8.96. The maximum atomic E-state index is 12.4. The molecule has 0 aliphatic carbocycles. The third-order valence-corrected chi connectivity index (χ3v) is 5.79. The summed E-state index contributed by atoms with van der Waals surface area (Å²) in [5.74, 6) is 0. The highest BCUT2D eigenvalue weighted by molar-refractivity contribution is 7.48. The molecular formula is C21H28O2P+. The fourth-order valence-corrected chi connectivity index (χ4v) is 4.12. The number of hydrogen-bond donors (Lipinski definition) is 0. The number of rotatable bonds is 8. The second-order valence-corrected chi connectivity index (χ2v) is 7.19. The number of aryl methyl sites for hydroxylation is 3. The minimum Gasteiger partial charge on any atom is -0.142 e. The van der Waals surface area contributed by atoms with Crippen LogP contribution in [0.2, 0.25) is 0 Å². The summed E-state index contributed by atoms with van der Waals surface area (Å²) in [5, 5.41) is 0.832. The Morgan fingerprint density at radius 1 is 0.875 bits per heavy atom. The molecule has 2 aromatic rings. The number of benzene rings is 2. The van der Waals surface area contributed by atoms with Crippen LogP contribution in [0.25, 0.3) is 0 Å². The van der Waals surface area contributed by atoms with Crippen LogP contribution < -0.4 is 5.30 Å². The van der Waals surface area contributed by atoms with E-state index in [1.54, 1.807) is 0 Å². The molecule has 0 heterocycles. The van der Waals surface area contributed by atoms with Crippen molar-refractivity contribution in [1.82, 2.24) is 0 Å². The van der Waals surface area contributed by atoms with Gasteiger partial charge in [-0.05, 0) is 59.1 Å². The van der Waals surface area contributed by atoms with Gasteiger partial charge in [-0.1, -0.05) is 51.1 Å². The van der Waals surface area contributed by atoms with Crippen molar-refractivity contribution in [2.24, 2.45) is 0 Å². The van der Waals surface area contributed by atoms with E-state index in [0.29, 0.717) is 6.61 Å². The summed E-state index contributed by atoms with van der Waals surface area (Å²) in [6.07, 6.45) is 3.93. The van der Waals surface area contributed by atoms with Crippen LogP contribution in [0, 0.1) is 0 Å². The van der Waals surface area contributed by atoms with Crippen molar-refractivity contribution in [2.75, 3.05) is 6.61 Å². The standard InChI is InChI=1S/C21H28O2P/c1-5-16-13-17(6-2)20(18(7-3)14-16)15-19-11-9-10-12-21(19)24(22)23-8-4/h9-14H,5-8,15H2,1-4H3/q+1. The van der Waals surface area contributed by atoms with Crippen LogP contribution in [0.15, 0.2) is 36.4 Å². The molecule has 1 atom stereocenters. The van der Waals surface area contributed by atoms with Gasteiger partial charge >= 0.3 is 8.03 Å². The van der Waals surface area contributed by atoms with Gasteiger partial charge in [-0.2, -0.15) is 0 Å². The third-order valence-electron chi connectivity index (χ3n) is 4.47. The fourth-order valence-electron chi connectivity index (χ4n) is 3.15. The first-order chi connectivity index (χ1) is 11.6. The molecule has 1 unspecified atom stereocenters. The molecule has 0 bridgehead atoms. The zero-order chi connectivity index (χ0) is 17.5. The molecule has 0 N–H and O–H groups in total. The summed E-state index contributed by atoms with van der Waals surface area (Å²) < 4.78 is 17.8. The average Bonchev–Trinajstić information content (AvgIpc) is 2.62. The lowest BCUT2D eigenvalue weighted by atomic mass is 9.90. The molecule has 0 amide bonds. The Kier molecular flexibility index (Phi) is 7.15. The smallest absolute Gasteiger partial charge is 0.142 e. The molecule has 0 fully saturated rings. The van der Waals surface area contributed by atoms with Gasteiger partial charge in [0.15, 0.2) is 0 Å². The Bertz CT molecular complexity index is 682. The Labute approximate surface area is 147 Å². The molecule has 0 aliphatic heterocycles. The number of hydrogen-bond acceptors (Lipinski definition) is 2. The summed E-state index contributed by atoms with van der Waals surface area (Å²) >= 11 is 0. The van der Waals surface area contributed by atoms with Crippen LogP contribution in [-0.4, -0.2) is 6.61 Å². The van der Waals surface area contributed by atoms with E-state index in [1.165, 1.54) is 22.3 Å². The van der Waals surface area contributed by atoms with E-state index in [9.17, 15) is 4.57 Å². The van der Waals surface area contributed by atoms with E-state index < -0.39 is 8.03 Å². The monoisotopic (exact) mass is 343 g/mol. The molecule has 24 heavy (non-hydrogen) atoms. The van der Waals surface area contributed by atoms with Crippen LogP contribution in [0.3, 0.4) is 0 Å². The molecule has 2 nitrogen and oxygen atoms in total. The second kappa shape index (κ2) is 9.11. The molecule has 0 radical (unpaired) electrons. The van der Waals surface area contributed by atoms with Crippen LogP contribution >= 0.6 is 8.03 Å². The molecule has 0 spiro atoms. The summed E-state index contributed by atoms with van der Waals surface area (Å²) in [5.41, 5.74) is 6.73. The van der Waals surface area contributed by atoms with Crippen LogP contribution in [-0.2, 0) is 34.8 Å². The maximum Gasteiger partial charge on any atom is 0.548 e. The van der Waals surface area contributed by atoms with Gasteiger partial charge in [0.1, 0.15) is 6.61 Å². The zero-order valence-corrected chi connectivity index (χ0v) is 16.2. The minimum absolute atomic E-state index is 0.467. The average molecular weight is 343 g/mol. The molecule has 0 aromatic heterocycles. The normalized spacial score (nSPS) is 11.6. The van der Waals surface area contributed by atoms with Crippen molar-refractivity contribution in [1.29, 1.82) is 0 Å². The predicted octanol–water partition coefficient (Wildman–Crippen LogP) is 5.37. The van der Waals surface area contributed by atoms with Crippen molar-refractivity contribution < 1.29 is 9.09 Å². The first-order valence-corrected chi connectivity index (χ1v) is 10.1. The van der Waals surface area contributed by atoms with E-state index in [-0.39, 0.29) is 0 Å². The van der Waals surface area contributed by atoms with Gasteiger partial charge in [0, 0.05) is 12.0 Å². The van der Waals surface area contributed by atoms with Crippen molar-refractivity contribution in [3.8, 4) is 0 Å². The van der Waals surface area contributed by atoms with Crippen LogP contribution in [0.5, 0.6) is 0 Å². The van der Waals surface area contributed by atoms with Gasteiger partial charge in [0.2, 0.25) is 5.30 Å². The van der Waals surface area contributed by atoms with Gasteiger partial charge in [-0.3, -0.25) is 0 Å². The minimum atomic E-state index is -1.78. The third kappa shape index (κ3) is 4.32. The molecular weight excluding hydrogens is 315 g/mol. The SMILES string of the molecule is CCO[P+](=O)c1ccccc1Cc1c(CC)cc(CC)cc1CC. The quantitative estimate of drug-likeness (QED) is 0.602. The summed E-state index contributed by atoms with van der Waals surface area (Å²) in [4.78, 5) is 0. The van der Waals surface area contributed by atoms with Crippen molar-refractivity contribution in [3.63, 3.8) is 0 Å². The van der Waals surface area contributed by atoms with Gasteiger partial charge in [-0.25, -0.2) is 0 Å². The molecule has 128 valence electrons. The van der Waals surface area contributed by atoms with E-state index in [0.717, 1.165) is 36.6 Å². The molecule has 3 heteroatoms. The Morgan fingerprint density at radius 3 is 2.04 bits per heavy atom. The summed E-state index contributed by atoms with van der Waals surface area (Å²) in [6.45, 7) is 8.98. The van der Waals surface area contributed by atoms with Crippen molar-refractivity contribution >= 4 is 13.3 Å². The topological polar surface area (TPSA) is 26.3 Å². The largest absolute Gasteiger partial charge is 0.548 e. The molecule has 0 saturated heterocycles. The van der Waals surface area contributed by atoms with Gasteiger partial charge < -0.3 is 0 Å². The van der Waals surface area contributed by atoms with Gasteiger partial charge in [-0.15, -0.1) is 4.52 Å². The van der Waals surface area contributed by atoms with Crippen molar-refractivity contribution in [3.05, 3.63) is 64.2 Å². The van der Waals surface area contributed by atoms with Crippen LogP contribution in [0.4, 0.5) is 0 Å². The first kappa shape index (κ1) is 18.8. The lowest BCUT2D eigenvalue weighted by molar-refractivity contribution is 0.357. The molecule has 0 saturated carbocycles. The lowest BCUT2D eigenvalue weighted by Crippen LogP contribution is -2.10. The molecule has 0 aliphatic rings. The van der Waals surface area contributed by atoms with Crippen molar-refractivity contribution in [2.45, 2.75) is 53.4 Å². The van der Waals surface area contributed by atoms with Gasteiger partial charge in [0.05, 0.1) is 0 Å². The Hall–Kier alpha value is -1.50. The summed E-state index contributed by atoms with van der Waals surface area (Å²) in [6, 6.07) is 12.6. The van der Waals surface area contributed by atoms with E-state index in [2.05, 4.69) is 39.0 Å². The maximum absolute atomic E-state index is 12.4. The highest BCUT2D eigenvalue weighted by atomic mass is 31.1. The second-order valence-electron chi connectivity index (χ2n) is 5.93. The lowest BCUT2D eigenvalue weighted by Gasteiger charge is -2.16. The van der Waals surface area contributed by atoms with E-state index >= 15 is 0 Å². The highest BCUT2D eigenvalue weighted by Crippen LogP contribution is 2.27. The van der Waals surface area contributed by atoms with Gasteiger partial charge in [0.25, 0.3) is 0 Å².